The van der Waals surface area contributed by atoms with Gasteiger partial charge >= 0.3 is 0 Å². The molecule has 3 N–H and O–H groups in total. The Morgan fingerprint density at radius 3 is 2.81 bits per heavy atom. The van der Waals surface area contributed by atoms with E-state index >= 15 is 0 Å². The number of para-hydroxylation sites is 1. The third-order valence-electron chi connectivity index (χ3n) is 4.40. The maximum absolute atomic E-state index is 12.5. The van der Waals surface area contributed by atoms with Gasteiger partial charge in [0.15, 0.2) is 11.5 Å². The molecule has 1 aliphatic rings. The van der Waals surface area contributed by atoms with E-state index in [0.29, 0.717) is 24.5 Å². The molecule has 0 spiro atoms. The van der Waals surface area contributed by atoms with E-state index in [0.717, 1.165) is 5.56 Å². The highest BCUT2D eigenvalue weighted by Gasteiger charge is 2.40. The zero-order valence-corrected chi connectivity index (χ0v) is 14.9. The minimum Gasteiger partial charge on any atom is -0.504 e. The number of rotatable bonds is 6. The van der Waals surface area contributed by atoms with Crippen LogP contribution in [0, 0.1) is 5.92 Å². The van der Waals surface area contributed by atoms with E-state index < -0.39 is 11.8 Å². The van der Waals surface area contributed by atoms with Crippen LogP contribution in [0.15, 0.2) is 53.6 Å². The van der Waals surface area contributed by atoms with Crippen LogP contribution in [0.1, 0.15) is 24.0 Å². The largest absolute Gasteiger partial charge is 0.504 e. The number of nitrogens with one attached hydrogen (secondary N) is 2. The summed E-state index contributed by atoms with van der Waals surface area (Å²) in [4.78, 5) is 24.6. The molecular formula is C20H21N3O4. The molecule has 1 aliphatic heterocycles. The van der Waals surface area contributed by atoms with Crippen molar-refractivity contribution in [3.63, 3.8) is 0 Å². The Bertz CT molecular complexity index is 852. The third-order valence-corrected chi connectivity index (χ3v) is 4.40. The molecule has 2 aromatic carbocycles. The third kappa shape index (κ3) is 4.08. The molecule has 1 fully saturated rings. The number of hydrogen-bond donors (Lipinski definition) is 3. The molecule has 2 atom stereocenters. The van der Waals surface area contributed by atoms with Crippen molar-refractivity contribution in [2.24, 2.45) is 11.0 Å². The van der Waals surface area contributed by atoms with Crippen molar-refractivity contribution in [3.05, 3.63) is 59.7 Å². The van der Waals surface area contributed by atoms with E-state index in [1.807, 2.05) is 37.3 Å². The molecule has 0 aromatic heterocycles. The summed E-state index contributed by atoms with van der Waals surface area (Å²) in [7, 11) is 0. The van der Waals surface area contributed by atoms with Crippen LogP contribution in [0.3, 0.4) is 0 Å². The van der Waals surface area contributed by atoms with Gasteiger partial charge in [0, 0.05) is 18.0 Å². The second-order valence-corrected chi connectivity index (χ2v) is 6.10. The fourth-order valence-corrected chi connectivity index (χ4v) is 3.08. The summed E-state index contributed by atoms with van der Waals surface area (Å²) in [6.45, 7) is 2.64. The monoisotopic (exact) mass is 367 g/mol. The minimum absolute atomic E-state index is 0.0573. The Labute approximate surface area is 157 Å². The predicted molar refractivity (Wildman–Crippen MR) is 101 cm³/mol. The van der Waals surface area contributed by atoms with E-state index in [1.54, 1.807) is 18.2 Å². The van der Waals surface area contributed by atoms with Crippen LogP contribution in [0.2, 0.25) is 0 Å². The van der Waals surface area contributed by atoms with Gasteiger partial charge in [-0.15, -0.1) is 0 Å². The lowest BCUT2D eigenvalue weighted by Crippen LogP contribution is -2.34. The molecule has 1 heterocycles. The van der Waals surface area contributed by atoms with Crippen LogP contribution in [-0.2, 0) is 9.59 Å². The summed E-state index contributed by atoms with van der Waals surface area (Å²) in [5.41, 5.74) is 3.72. The fraction of sp³-hybridized carbons (Fsp3) is 0.250. The summed E-state index contributed by atoms with van der Waals surface area (Å²) in [6.07, 6.45) is 1.32. The number of nitrogens with zero attached hydrogens (tertiary/aromatic N) is 1. The van der Waals surface area contributed by atoms with Gasteiger partial charge in [0.2, 0.25) is 5.91 Å². The van der Waals surface area contributed by atoms with Gasteiger partial charge in [-0.05, 0) is 24.6 Å². The Morgan fingerprint density at radius 1 is 1.30 bits per heavy atom. The summed E-state index contributed by atoms with van der Waals surface area (Å²) < 4.78 is 5.31. The van der Waals surface area contributed by atoms with Gasteiger partial charge in [-0.2, -0.15) is 5.10 Å². The molecule has 2 unspecified atom stereocenters. The fourth-order valence-electron chi connectivity index (χ4n) is 3.08. The SMILES string of the molecule is CCOc1cccc(/C=N\NC(=O)C2C(=O)NCC2c2ccccc2)c1O. The first-order chi connectivity index (χ1) is 13.1. The quantitative estimate of drug-likeness (QED) is 0.412. The number of hydrogen-bond acceptors (Lipinski definition) is 5. The highest BCUT2D eigenvalue weighted by Crippen LogP contribution is 2.30. The van der Waals surface area contributed by atoms with E-state index in [-0.39, 0.29) is 17.6 Å². The Hall–Kier alpha value is -3.35. The topological polar surface area (TPSA) is 100 Å². The lowest BCUT2D eigenvalue weighted by molar-refractivity contribution is -0.133. The molecule has 0 saturated carbocycles. The normalized spacial score (nSPS) is 19.1. The molecule has 140 valence electrons. The lowest BCUT2D eigenvalue weighted by atomic mass is 9.88. The molecule has 7 nitrogen and oxygen atoms in total. The van der Waals surface area contributed by atoms with Crippen molar-refractivity contribution in [1.82, 2.24) is 10.7 Å². The number of ether oxygens (including phenoxy) is 1. The highest BCUT2D eigenvalue weighted by atomic mass is 16.5. The standard InChI is InChI=1S/C20H21N3O4/c1-2-27-16-10-6-9-14(18(16)24)11-22-23-20(26)17-15(12-21-19(17)25)13-7-4-3-5-8-13/h3-11,15,17,24H,2,12H2,1H3,(H,21,25)(H,23,26)/b22-11-. The van der Waals surface area contributed by atoms with E-state index in [1.165, 1.54) is 6.21 Å². The lowest BCUT2D eigenvalue weighted by Gasteiger charge is -2.15. The Kier molecular flexibility index (Phi) is 5.71. The number of hydrazone groups is 1. The molecule has 27 heavy (non-hydrogen) atoms. The molecule has 2 amide bonds. The van der Waals surface area contributed by atoms with Crippen molar-refractivity contribution < 1.29 is 19.4 Å². The van der Waals surface area contributed by atoms with Gasteiger partial charge in [-0.25, -0.2) is 5.43 Å². The van der Waals surface area contributed by atoms with Crippen LogP contribution in [0.25, 0.3) is 0 Å². The molecule has 1 saturated heterocycles. The average molecular weight is 367 g/mol. The van der Waals surface area contributed by atoms with Crippen molar-refractivity contribution in [3.8, 4) is 11.5 Å². The number of phenols is 1. The van der Waals surface area contributed by atoms with Crippen molar-refractivity contribution in [2.45, 2.75) is 12.8 Å². The van der Waals surface area contributed by atoms with Gasteiger partial charge in [0.25, 0.3) is 5.91 Å². The molecule has 0 radical (unpaired) electrons. The van der Waals surface area contributed by atoms with Crippen LogP contribution in [-0.4, -0.2) is 36.3 Å². The number of phenolic OH excluding ortho intramolecular Hbond substituents is 1. The van der Waals surface area contributed by atoms with Crippen LogP contribution in [0.5, 0.6) is 11.5 Å². The molecule has 0 bridgehead atoms. The van der Waals surface area contributed by atoms with Gasteiger partial charge < -0.3 is 15.2 Å². The van der Waals surface area contributed by atoms with Crippen molar-refractivity contribution in [2.75, 3.05) is 13.2 Å². The predicted octanol–water partition coefficient (Wildman–Crippen LogP) is 1.77. The van der Waals surface area contributed by atoms with Gasteiger partial charge in [0.05, 0.1) is 12.8 Å². The molecule has 7 heteroatoms. The number of carbonyl (C=O) groups excluding carboxylic acids is 2. The first-order valence-electron chi connectivity index (χ1n) is 8.72. The summed E-state index contributed by atoms with van der Waals surface area (Å²) in [5, 5.41) is 16.8. The number of carbonyl (C=O) groups is 2. The first-order valence-corrected chi connectivity index (χ1v) is 8.72. The number of benzene rings is 2. The Morgan fingerprint density at radius 2 is 2.07 bits per heavy atom. The molecular weight excluding hydrogens is 346 g/mol. The number of amides is 2. The zero-order chi connectivity index (χ0) is 19.2. The molecule has 2 aromatic rings. The second-order valence-electron chi connectivity index (χ2n) is 6.10. The maximum Gasteiger partial charge on any atom is 0.253 e. The van der Waals surface area contributed by atoms with Gasteiger partial charge in [-0.3, -0.25) is 9.59 Å². The zero-order valence-electron chi connectivity index (χ0n) is 14.9. The van der Waals surface area contributed by atoms with Crippen molar-refractivity contribution in [1.29, 1.82) is 0 Å². The Balaban J connectivity index is 1.70. The minimum atomic E-state index is -0.854. The van der Waals surface area contributed by atoms with Crippen molar-refractivity contribution >= 4 is 18.0 Å². The highest BCUT2D eigenvalue weighted by molar-refractivity contribution is 6.03. The molecule has 3 rings (SSSR count). The maximum atomic E-state index is 12.5. The van der Waals surface area contributed by atoms with Gasteiger partial charge in [0.1, 0.15) is 5.92 Å². The molecule has 0 aliphatic carbocycles. The second kappa shape index (κ2) is 8.35. The van der Waals surface area contributed by atoms with Gasteiger partial charge in [-0.1, -0.05) is 36.4 Å². The smallest absolute Gasteiger partial charge is 0.253 e. The van der Waals surface area contributed by atoms with E-state index in [9.17, 15) is 14.7 Å². The first kappa shape index (κ1) is 18.4. The van der Waals surface area contributed by atoms with Crippen LogP contribution in [0.4, 0.5) is 0 Å². The average Bonchev–Trinajstić information content (AvgIpc) is 3.07. The summed E-state index contributed by atoms with van der Waals surface area (Å²) in [6, 6.07) is 14.4. The van der Waals surface area contributed by atoms with E-state index in [2.05, 4.69) is 15.8 Å². The van der Waals surface area contributed by atoms with Crippen LogP contribution >= 0.6 is 0 Å². The number of aromatic hydroxyl groups is 1. The summed E-state index contributed by atoms with van der Waals surface area (Å²) in [5.74, 6) is -1.63. The van der Waals surface area contributed by atoms with E-state index in [4.69, 9.17) is 4.74 Å². The summed E-state index contributed by atoms with van der Waals surface area (Å²) >= 11 is 0. The van der Waals surface area contributed by atoms with Crippen LogP contribution < -0.4 is 15.5 Å².